The second kappa shape index (κ2) is 3.22. The lowest BCUT2D eigenvalue weighted by atomic mass is 9.79. The summed E-state index contributed by atoms with van der Waals surface area (Å²) in [7, 11) is 1.85. The molecule has 1 N–H and O–H groups in total. The number of fused-ring (bicyclic) bond motifs is 1. The molecule has 0 fully saturated rings. The molecule has 0 saturated heterocycles. The standard InChI is InChI=1S/C12H14N2O2/c1-14-8-9(7-13-14)12(15)5-2-3-11-10(12)4-6-16-11/h4,6-8,15H,2-3,5H2,1H3. The summed E-state index contributed by atoms with van der Waals surface area (Å²) in [5.41, 5.74) is 0.818. The normalized spacial score (nSPS) is 24.4. The van der Waals surface area contributed by atoms with Crippen LogP contribution in [-0.4, -0.2) is 14.9 Å². The average molecular weight is 218 g/mol. The molecule has 1 aliphatic carbocycles. The zero-order valence-corrected chi connectivity index (χ0v) is 9.18. The molecule has 0 spiro atoms. The molecule has 0 aliphatic heterocycles. The number of aliphatic hydroxyl groups is 1. The summed E-state index contributed by atoms with van der Waals surface area (Å²) in [6.07, 6.45) is 7.81. The lowest BCUT2D eigenvalue weighted by Gasteiger charge is -2.30. The predicted octanol–water partition coefficient (Wildman–Crippen LogP) is 1.59. The molecular formula is C12H14N2O2. The van der Waals surface area contributed by atoms with Crippen molar-refractivity contribution in [1.29, 1.82) is 0 Å². The Morgan fingerprint density at radius 2 is 2.44 bits per heavy atom. The van der Waals surface area contributed by atoms with Gasteiger partial charge in [-0.05, 0) is 18.9 Å². The predicted molar refractivity (Wildman–Crippen MR) is 57.9 cm³/mol. The molecule has 84 valence electrons. The molecule has 16 heavy (non-hydrogen) atoms. The Morgan fingerprint density at radius 3 is 3.19 bits per heavy atom. The highest BCUT2D eigenvalue weighted by Gasteiger charge is 2.38. The Bertz CT molecular complexity index is 515. The van der Waals surface area contributed by atoms with Crippen molar-refractivity contribution >= 4 is 0 Å². The van der Waals surface area contributed by atoms with Crippen LogP contribution in [0.2, 0.25) is 0 Å². The van der Waals surface area contributed by atoms with E-state index in [2.05, 4.69) is 5.10 Å². The van der Waals surface area contributed by atoms with Gasteiger partial charge in [0, 0.05) is 30.8 Å². The maximum Gasteiger partial charge on any atom is 0.121 e. The number of furan rings is 1. The minimum atomic E-state index is -0.922. The Hall–Kier alpha value is -1.55. The van der Waals surface area contributed by atoms with Crippen LogP contribution in [0.4, 0.5) is 0 Å². The van der Waals surface area contributed by atoms with E-state index in [1.54, 1.807) is 17.1 Å². The zero-order chi connectivity index (χ0) is 11.2. The smallest absolute Gasteiger partial charge is 0.121 e. The summed E-state index contributed by atoms with van der Waals surface area (Å²) in [6, 6.07) is 1.86. The summed E-state index contributed by atoms with van der Waals surface area (Å²) < 4.78 is 7.10. The van der Waals surface area contributed by atoms with Gasteiger partial charge in [-0.15, -0.1) is 0 Å². The van der Waals surface area contributed by atoms with Crippen molar-refractivity contribution in [2.24, 2.45) is 7.05 Å². The Balaban J connectivity index is 2.13. The lowest BCUT2D eigenvalue weighted by Crippen LogP contribution is -2.30. The first kappa shape index (κ1) is 9.66. The van der Waals surface area contributed by atoms with Gasteiger partial charge in [0.25, 0.3) is 0 Å². The van der Waals surface area contributed by atoms with E-state index in [0.29, 0.717) is 0 Å². The van der Waals surface area contributed by atoms with E-state index in [0.717, 1.165) is 36.1 Å². The van der Waals surface area contributed by atoms with E-state index in [4.69, 9.17) is 4.42 Å². The first-order valence-electron chi connectivity index (χ1n) is 5.48. The van der Waals surface area contributed by atoms with Crippen LogP contribution in [0, 0.1) is 0 Å². The Kier molecular flexibility index (Phi) is 1.94. The van der Waals surface area contributed by atoms with E-state index >= 15 is 0 Å². The van der Waals surface area contributed by atoms with Gasteiger partial charge < -0.3 is 9.52 Å². The molecule has 0 amide bonds. The highest BCUT2D eigenvalue weighted by Crippen LogP contribution is 2.40. The van der Waals surface area contributed by atoms with Gasteiger partial charge in [0.2, 0.25) is 0 Å². The molecule has 1 aliphatic rings. The van der Waals surface area contributed by atoms with Crippen molar-refractivity contribution in [3.8, 4) is 0 Å². The van der Waals surface area contributed by atoms with Crippen LogP contribution in [-0.2, 0) is 19.1 Å². The first-order valence-corrected chi connectivity index (χ1v) is 5.48. The van der Waals surface area contributed by atoms with Crippen LogP contribution in [0.1, 0.15) is 29.7 Å². The molecule has 0 bridgehead atoms. The minimum absolute atomic E-state index is 0.727. The summed E-state index contributed by atoms with van der Waals surface area (Å²) in [5, 5.41) is 14.9. The molecule has 1 unspecified atom stereocenters. The second-order valence-corrected chi connectivity index (χ2v) is 4.37. The van der Waals surface area contributed by atoms with Crippen molar-refractivity contribution in [2.45, 2.75) is 24.9 Å². The average Bonchev–Trinajstić information content (AvgIpc) is 2.87. The maximum absolute atomic E-state index is 10.8. The molecule has 1 atom stereocenters. The third-order valence-electron chi connectivity index (χ3n) is 3.32. The van der Waals surface area contributed by atoms with E-state index in [1.165, 1.54) is 0 Å². The number of rotatable bonds is 1. The van der Waals surface area contributed by atoms with Crippen LogP contribution >= 0.6 is 0 Å². The van der Waals surface area contributed by atoms with Gasteiger partial charge in [-0.2, -0.15) is 5.10 Å². The molecule has 0 radical (unpaired) electrons. The van der Waals surface area contributed by atoms with E-state index in [-0.39, 0.29) is 0 Å². The van der Waals surface area contributed by atoms with E-state index in [9.17, 15) is 5.11 Å². The van der Waals surface area contributed by atoms with Gasteiger partial charge in [-0.25, -0.2) is 0 Å². The van der Waals surface area contributed by atoms with Crippen LogP contribution in [0.15, 0.2) is 29.1 Å². The minimum Gasteiger partial charge on any atom is -0.469 e. The van der Waals surface area contributed by atoms with Crippen molar-refractivity contribution < 1.29 is 9.52 Å². The number of aromatic nitrogens is 2. The topological polar surface area (TPSA) is 51.2 Å². The van der Waals surface area contributed by atoms with Gasteiger partial charge in [0.15, 0.2) is 0 Å². The number of nitrogens with zero attached hydrogens (tertiary/aromatic N) is 2. The monoisotopic (exact) mass is 218 g/mol. The summed E-state index contributed by atoms with van der Waals surface area (Å²) in [5.74, 6) is 0.901. The fourth-order valence-corrected chi connectivity index (χ4v) is 2.48. The molecule has 0 aromatic carbocycles. The van der Waals surface area contributed by atoms with Gasteiger partial charge in [-0.3, -0.25) is 4.68 Å². The Morgan fingerprint density at radius 1 is 1.56 bits per heavy atom. The van der Waals surface area contributed by atoms with Crippen molar-refractivity contribution in [2.75, 3.05) is 0 Å². The van der Waals surface area contributed by atoms with E-state index < -0.39 is 5.60 Å². The van der Waals surface area contributed by atoms with Crippen LogP contribution < -0.4 is 0 Å². The van der Waals surface area contributed by atoms with Crippen LogP contribution in [0.5, 0.6) is 0 Å². The fourth-order valence-electron chi connectivity index (χ4n) is 2.48. The van der Waals surface area contributed by atoms with Gasteiger partial charge in [-0.1, -0.05) is 0 Å². The zero-order valence-electron chi connectivity index (χ0n) is 9.18. The van der Waals surface area contributed by atoms with Crippen molar-refractivity contribution in [3.05, 3.63) is 41.6 Å². The van der Waals surface area contributed by atoms with Crippen LogP contribution in [0.25, 0.3) is 0 Å². The third kappa shape index (κ3) is 1.23. The first-order chi connectivity index (χ1) is 7.70. The van der Waals surface area contributed by atoms with Crippen molar-refractivity contribution in [3.63, 3.8) is 0 Å². The summed E-state index contributed by atoms with van der Waals surface area (Å²) in [6.45, 7) is 0. The highest BCUT2D eigenvalue weighted by atomic mass is 16.3. The SMILES string of the molecule is Cn1cc(C2(O)CCCc3occc32)cn1. The molecule has 4 nitrogen and oxygen atoms in total. The number of hydrogen-bond donors (Lipinski definition) is 1. The molecule has 3 rings (SSSR count). The summed E-state index contributed by atoms with van der Waals surface area (Å²) >= 11 is 0. The van der Waals surface area contributed by atoms with Gasteiger partial charge in [0.05, 0.1) is 12.5 Å². The van der Waals surface area contributed by atoms with Crippen LogP contribution in [0.3, 0.4) is 0 Å². The molecule has 2 heterocycles. The Labute approximate surface area is 93.5 Å². The molecular weight excluding hydrogens is 204 g/mol. The van der Waals surface area contributed by atoms with Crippen molar-refractivity contribution in [1.82, 2.24) is 9.78 Å². The van der Waals surface area contributed by atoms with Gasteiger partial charge in [0.1, 0.15) is 11.4 Å². The highest BCUT2D eigenvalue weighted by molar-refractivity contribution is 5.37. The summed E-state index contributed by atoms with van der Waals surface area (Å²) in [4.78, 5) is 0. The van der Waals surface area contributed by atoms with E-state index in [1.807, 2.05) is 19.3 Å². The molecule has 2 aromatic rings. The fraction of sp³-hybridized carbons (Fsp3) is 0.417. The largest absolute Gasteiger partial charge is 0.469 e. The number of aryl methyl sites for hydroxylation is 2. The molecule has 2 aromatic heterocycles. The third-order valence-corrected chi connectivity index (χ3v) is 3.32. The quantitative estimate of drug-likeness (QED) is 0.790. The molecule has 4 heteroatoms. The van der Waals surface area contributed by atoms with Gasteiger partial charge >= 0.3 is 0 Å². The maximum atomic E-state index is 10.8. The lowest BCUT2D eigenvalue weighted by molar-refractivity contribution is 0.0589. The molecule has 0 saturated carbocycles. The second-order valence-electron chi connectivity index (χ2n) is 4.37. The number of hydrogen-bond acceptors (Lipinski definition) is 3.